The second-order valence-corrected chi connectivity index (χ2v) is 4.84. The van der Waals surface area contributed by atoms with Gasteiger partial charge in [0, 0.05) is 26.2 Å². The molecule has 0 unspecified atom stereocenters. The summed E-state index contributed by atoms with van der Waals surface area (Å²) in [5.41, 5.74) is 0. The Morgan fingerprint density at radius 3 is 2.36 bits per heavy atom. The number of ether oxygens (including phenoxy) is 2. The predicted octanol–water partition coefficient (Wildman–Crippen LogP) is 1.16. The monoisotopic (exact) mass is 307 g/mol. The molecule has 0 spiro atoms. The molecule has 1 fully saturated rings. The van der Waals surface area contributed by atoms with Crippen molar-refractivity contribution in [2.24, 2.45) is 0 Å². The van der Waals surface area contributed by atoms with Gasteiger partial charge in [-0.05, 0) is 12.1 Å². The zero-order valence-corrected chi connectivity index (χ0v) is 12.7. The smallest absolute Gasteiger partial charge is 0.409 e. The fourth-order valence-corrected chi connectivity index (χ4v) is 2.18. The Morgan fingerprint density at radius 1 is 1.09 bits per heavy atom. The Morgan fingerprint density at radius 2 is 1.73 bits per heavy atom. The number of carbonyl (C=O) groups is 2. The van der Waals surface area contributed by atoms with Crippen molar-refractivity contribution < 1.29 is 19.1 Å². The summed E-state index contributed by atoms with van der Waals surface area (Å²) in [5.74, 6) is 0.781. The molecule has 1 aliphatic heterocycles. The summed E-state index contributed by atoms with van der Waals surface area (Å²) < 4.78 is 10.2. The predicted molar refractivity (Wildman–Crippen MR) is 80.9 cm³/mol. The Kier molecular flexibility index (Phi) is 5.88. The largest absolute Gasteiger partial charge is 0.492 e. The van der Waals surface area contributed by atoms with Gasteiger partial charge >= 0.3 is 12.1 Å². The first-order valence-corrected chi connectivity index (χ1v) is 7.24. The number of hydrogen-bond acceptors (Lipinski definition) is 4. The minimum Gasteiger partial charge on any atom is -0.492 e. The van der Waals surface area contributed by atoms with E-state index in [0.717, 1.165) is 5.75 Å². The summed E-state index contributed by atoms with van der Waals surface area (Å²) in [6.45, 7) is 2.82. The van der Waals surface area contributed by atoms with E-state index in [9.17, 15) is 9.59 Å². The molecular formula is C15H21N3O4. The Bertz CT molecular complexity index is 487. The van der Waals surface area contributed by atoms with E-state index in [-0.39, 0.29) is 12.1 Å². The van der Waals surface area contributed by atoms with Crippen LogP contribution in [0.4, 0.5) is 9.59 Å². The summed E-state index contributed by atoms with van der Waals surface area (Å²) in [5, 5.41) is 2.81. The molecule has 0 radical (unpaired) electrons. The second kappa shape index (κ2) is 8.11. The third-order valence-electron chi connectivity index (χ3n) is 3.39. The van der Waals surface area contributed by atoms with Crippen molar-refractivity contribution >= 4 is 12.1 Å². The molecule has 1 heterocycles. The lowest BCUT2D eigenvalue weighted by atomic mass is 10.3. The highest BCUT2D eigenvalue weighted by molar-refractivity contribution is 5.75. The number of piperazine rings is 1. The second-order valence-electron chi connectivity index (χ2n) is 4.84. The number of amides is 3. The van der Waals surface area contributed by atoms with Crippen molar-refractivity contribution in [1.29, 1.82) is 0 Å². The molecule has 0 saturated carbocycles. The van der Waals surface area contributed by atoms with E-state index in [2.05, 4.69) is 10.1 Å². The minimum absolute atomic E-state index is 0.138. The molecule has 3 amide bonds. The van der Waals surface area contributed by atoms with Gasteiger partial charge in [-0.15, -0.1) is 0 Å². The molecule has 0 aliphatic carbocycles. The lowest BCUT2D eigenvalue weighted by Gasteiger charge is -2.33. The van der Waals surface area contributed by atoms with Gasteiger partial charge in [-0.25, -0.2) is 9.59 Å². The van der Waals surface area contributed by atoms with E-state index in [0.29, 0.717) is 39.3 Å². The maximum absolute atomic E-state index is 12.0. The van der Waals surface area contributed by atoms with Crippen LogP contribution in [0.25, 0.3) is 0 Å². The number of hydrogen-bond donors (Lipinski definition) is 1. The van der Waals surface area contributed by atoms with Gasteiger partial charge in [-0.2, -0.15) is 0 Å². The SMILES string of the molecule is COC(=O)N1CCN(C(=O)NCCOc2ccccc2)CC1. The van der Waals surface area contributed by atoms with Crippen molar-refractivity contribution in [2.45, 2.75) is 0 Å². The molecular weight excluding hydrogens is 286 g/mol. The standard InChI is InChI=1S/C15H21N3O4/c1-21-15(20)18-10-8-17(9-11-18)14(19)16-7-12-22-13-5-3-2-4-6-13/h2-6H,7-12H2,1H3,(H,16,19). The van der Waals surface area contributed by atoms with E-state index >= 15 is 0 Å². The van der Waals surface area contributed by atoms with Crippen LogP contribution in [0.15, 0.2) is 30.3 Å². The molecule has 1 aliphatic rings. The average molecular weight is 307 g/mol. The molecule has 7 heteroatoms. The van der Waals surface area contributed by atoms with Crippen molar-refractivity contribution in [3.8, 4) is 5.75 Å². The third kappa shape index (κ3) is 4.54. The third-order valence-corrected chi connectivity index (χ3v) is 3.39. The highest BCUT2D eigenvalue weighted by Crippen LogP contribution is 2.07. The van der Waals surface area contributed by atoms with Gasteiger partial charge in [-0.1, -0.05) is 18.2 Å². The van der Waals surface area contributed by atoms with E-state index in [4.69, 9.17) is 4.74 Å². The van der Waals surface area contributed by atoms with Crippen molar-refractivity contribution in [3.05, 3.63) is 30.3 Å². The number of methoxy groups -OCH3 is 1. The van der Waals surface area contributed by atoms with Gasteiger partial charge in [0.15, 0.2) is 0 Å². The Balaban J connectivity index is 1.63. The summed E-state index contributed by atoms with van der Waals surface area (Å²) in [6.07, 6.45) is -0.351. The number of benzene rings is 1. The fourth-order valence-electron chi connectivity index (χ4n) is 2.18. The molecule has 0 atom stereocenters. The first-order valence-electron chi connectivity index (χ1n) is 7.24. The van der Waals surface area contributed by atoms with Crippen molar-refractivity contribution in [1.82, 2.24) is 15.1 Å². The molecule has 120 valence electrons. The van der Waals surface area contributed by atoms with E-state index in [1.54, 1.807) is 9.80 Å². The molecule has 1 N–H and O–H groups in total. The summed E-state index contributed by atoms with van der Waals surface area (Å²) in [7, 11) is 1.36. The van der Waals surface area contributed by atoms with Crippen LogP contribution in [0.5, 0.6) is 5.75 Å². The van der Waals surface area contributed by atoms with Crippen molar-refractivity contribution in [3.63, 3.8) is 0 Å². The first-order chi connectivity index (χ1) is 10.7. The number of carbonyl (C=O) groups excluding carboxylic acids is 2. The molecule has 2 rings (SSSR count). The van der Waals surface area contributed by atoms with Crippen LogP contribution in [0.2, 0.25) is 0 Å². The lowest BCUT2D eigenvalue weighted by molar-refractivity contribution is 0.0969. The zero-order valence-electron chi connectivity index (χ0n) is 12.7. The van der Waals surface area contributed by atoms with Gasteiger partial charge < -0.3 is 24.6 Å². The van der Waals surface area contributed by atoms with Gasteiger partial charge in [-0.3, -0.25) is 0 Å². The molecule has 7 nitrogen and oxygen atoms in total. The van der Waals surface area contributed by atoms with Crippen LogP contribution in [0.3, 0.4) is 0 Å². The fraction of sp³-hybridized carbons (Fsp3) is 0.467. The normalized spacial score (nSPS) is 14.4. The van der Waals surface area contributed by atoms with E-state index in [1.807, 2.05) is 30.3 Å². The van der Waals surface area contributed by atoms with Crippen LogP contribution in [0, 0.1) is 0 Å². The molecule has 0 bridgehead atoms. The lowest BCUT2D eigenvalue weighted by Crippen LogP contribution is -2.53. The van der Waals surface area contributed by atoms with Crippen LogP contribution in [-0.2, 0) is 4.74 Å². The van der Waals surface area contributed by atoms with E-state index < -0.39 is 0 Å². The Hall–Kier alpha value is -2.44. The molecule has 1 aromatic rings. The van der Waals surface area contributed by atoms with E-state index in [1.165, 1.54) is 7.11 Å². The van der Waals surface area contributed by atoms with Gasteiger partial charge in [0.1, 0.15) is 12.4 Å². The zero-order chi connectivity index (χ0) is 15.8. The highest BCUT2D eigenvalue weighted by Gasteiger charge is 2.24. The van der Waals surface area contributed by atoms with Gasteiger partial charge in [0.2, 0.25) is 0 Å². The Labute approximate surface area is 129 Å². The number of nitrogens with one attached hydrogen (secondary N) is 1. The average Bonchev–Trinajstić information content (AvgIpc) is 2.59. The van der Waals surface area contributed by atoms with Crippen LogP contribution < -0.4 is 10.1 Å². The molecule has 1 aromatic carbocycles. The highest BCUT2D eigenvalue weighted by atomic mass is 16.5. The van der Waals surface area contributed by atoms with Gasteiger partial charge in [0.05, 0.1) is 13.7 Å². The molecule has 1 saturated heterocycles. The number of nitrogens with zero attached hydrogens (tertiary/aromatic N) is 2. The number of rotatable bonds is 4. The van der Waals surface area contributed by atoms with Crippen LogP contribution >= 0.6 is 0 Å². The topological polar surface area (TPSA) is 71.1 Å². The molecule has 22 heavy (non-hydrogen) atoms. The minimum atomic E-state index is -0.351. The van der Waals surface area contributed by atoms with Crippen molar-refractivity contribution in [2.75, 3.05) is 46.4 Å². The summed E-state index contributed by atoms with van der Waals surface area (Å²) >= 11 is 0. The quantitative estimate of drug-likeness (QED) is 0.847. The number of para-hydroxylation sites is 1. The summed E-state index contributed by atoms with van der Waals surface area (Å²) in [4.78, 5) is 26.6. The van der Waals surface area contributed by atoms with Crippen LogP contribution in [0.1, 0.15) is 0 Å². The maximum Gasteiger partial charge on any atom is 0.409 e. The molecule has 0 aromatic heterocycles. The van der Waals surface area contributed by atoms with Gasteiger partial charge in [0.25, 0.3) is 0 Å². The summed E-state index contributed by atoms with van der Waals surface area (Å²) in [6, 6.07) is 9.31. The maximum atomic E-state index is 12.0. The first kappa shape index (κ1) is 15.9. The number of urea groups is 1. The van der Waals surface area contributed by atoms with Crippen LogP contribution in [-0.4, -0.2) is 68.4 Å².